The summed E-state index contributed by atoms with van der Waals surface area (Å²) in [6.07, 6.45) is 4.73. The van der Waals surface area contributed by atoms with Crippen LogP contribution in [0.4, 0.5) is 0 Å². The summed E-state index contributed by atoms with van der Waals surface area (Å²) in [5.41, 5.74) is 0.0701. The van der Waals surface area contributed by atoms with E-state index in [9.17, 15) is 0 Å². The van der Waals surface area contributed by atoms with Crippen molar-refractivity contribution in [2.24, 2.45) is 10.9 Å². The van der Waals surface area contributed by atoms with Crippen LogP contribution in [0.2, 0.25) is 0 Å². The number of nitrogens with zero attached hydrogens (tertiary/aromatic N) is 2. The van der Waals surface area contributed by atoms with Crippen LogP contribution in [0.15, 0.2) is 4.99 Å². The minimum absolute atomic E-state index is 0.0701. The molecular weight excluding hydrogens is 160 g/mol. The third-order valence-corrected chi connectivity index (χ3v) is 2.30. The fourth-order valence-corrected chi connectivity index (χ4v) is 1.59. The summed E-state index contributed by atoms with van der Waals surface area (Å²) < 4.78 is 0. The summed E-state index contributed by atoms with van der Waals surface area (Å²) in [6, 6.07) is 0. The van der Waals surface area contributed by atoms with Crippen LogP contribution in [0.1, 0.15) is 40.5 Å². The van der Waals surface area contributed by atoms with E-state index in [1.54, 1.807) is 0 Å². The van der Waals surface area contributed by atoms with Crippen molar-refractivity contribution in [2.75, 3.05) is 13.1 Å². The van der Waals surface area contributed by atoms with E-state index >= 15 is 0 Å². The molecule has 0 unspecified atom stereocenters. The quantitative estimate of drug-likeness (QED) is 0.449. The highest BCUT2D eigenvalue weighted by atomic mass is 15.2. The summed E-state index contributed by atoms with van der Waals surface area (Å²) in [5, 5.41) is 0. The molecular formula is C11H22N2. The summed E-state index contributed by atoms with van der Waals surface area (Å²) in [7, 11) is 0. The van der Waals surface area contributed by atoms with Crippen molar-refractivity contribution in [2.45, 2.75) is 46.1 Å². The molecule has 13 heavy (non-hydrogen) atoms. The molecule has 1 saturated heterocycles. The van der Waals surface area contributed by atoms with E-state index < -0.39 is 0 Å². The molecule has 76 valence electrons. The van der Waals surface area contributed by atoms with Gasteiger partial charge in [-0.25, -0.2) is 0 Å². The van der Waals surface area contributed by atoms with Crippen LogP contribution in [-0.4, -0.2) is 29.9 Å². The number of hydrogen-bond acceptors (Lipinski definition) is 1. The molecule has 0 aromatic heterocycles. The fourth-order valence-electron chi connectivity index (χ4n) is 1.59. The number of hydrogen-bond donors (Lipinski definition) is 0. The lowest BCUT2D eigenvalue weighted by molar-refractivity contribution is 0.277. The molecule has 0 radical (unpaired) electrons. The maximum absolute atomic E-state index is 4.52. The maximum Gasteiger partial charge on any atom is 0.0856 e. The van der Waals surface area contributed by atoms with Crippen LogP contribution in [0, 0.1) is 5.92 Å². The SMILES string of the molecule is C[C@@H]1CCCN(C=NC(C)(C)C)C1. The zero-order valence-corrected chi connectivity index (χ0v) is 9.38. The third-order valence-electron chi connectivity index (χ3n) is 2.30. The molecule has 1 aliphatic rings. The predicted octanol–water partition coefficient (Wildman–Crippen LogP) is 2.55. The Kier molecular flexibility index (Phi) is 3.34. The molecule has 0 aliphatic carbocycles. The van der Waals surface area contributed by atoms with Crippen molar-refractivity contribution < 1.29 is 0 Å². The molecule has 1 atom stereocenters. The van der Waals surface area contributed by atoms with Gasteiger partial charge in [0.05, 0.1) is 11.9 Å². The van der Waals surface area contributed by atoms with Gasteiger partial charge in [0.1, 0.15) is 0 Å². The normalized spacial score (nSPS) is 25.5. The van der Waals surface area contributed by atoms with E-state index in [4.69, 9.17) is 0 Å². The molecule has 2 heteroatoms. The van der Waals surface area contributed by atoms with Crippen LogP contribution in [0.25, 0.3) is 0 Å². The van der Waals surface area contributed by atoms with Gasteiger partial charge in [0.25, 0.3) is 0 Å². The van der Waals surface area contributed by atoms with Gasteiger partial charge in [-0.1, -0.05) is 6.92 Å². The lowest BCUT2D eigenvalue weighted by atomic mass is 10.0. The van der Waals surface area contributed by atoms with Crippen molar-refractivity contribution in [1.29, 1.82) is 0 Å². The molecule has 0 N–H and O–H groups in total. The van der Waals surface area contributed by atoms with Crippen molar-refractivity contribution >= 4 is 6.34 Å². The minimum atomic E-state index is 0.0701. The highest BCUT2D eigenvalue weighted by Crippen LogP contribution is 2.14. The van der Waals surface area contributed by atoms with Gasteiger partial charge < -0.3 is 4.90 Å². The molecule has 0 spiro atoms. The van der Waals surface area contributed by atoms with Gasteiger partial charge in [0.2, 0.25) is 0 Å². The lowest BCUT2D eigenvalue weighted by Gasteiger charge is -2.29. The Morgan fingerprint density at radius 1 is 1.38 bits per heavy atom. The number of rotatable bonds is 1. The van der Waals surface area contributed by atoms with E-state index in [0.717, 1.165) is 5.92 Å². The second kappa shape index (κ2) is 4.12. The average molecular weight is 182 g/mol. The van der Waals surface area contributed by atoms with Crippen LogP contribution in [-0.2, 0) is 0 Å². The first-order valence-electron chi connectivity index (χ1n) is 5.27. The average Bonchev–Trinajstić information content (AvgIpc) is 2.00. The third kappa shape index (κ3) is 4.30. The Morgan fingerprint density at radius 2 is 2.08 bits per heavy atom. The Morgan fingerprint density at radius 3 is 2.62 bits per heavy atom. The highest BCUT2D eigenvalue weighted by molar-refractivity contribution is 5.55. The van der Waals surface area contributed by atoms with Gasteiger partial charge in [0, 0.05) is 13.1 Å². The smallest absolute Gasteiger partial charge is 0.0856 e. The van der Waals surface area contributed by atoms with Gasteiger partial charge in [0.15, 0.2) is 0 Å². The van der Waals surface area contributed by atoms with E-state index in [1.165, 1.54) is 25.9 Å². The Hall–Kier alpha value is -0.530. The first-order valence-corrected chi connectivity index (χ1v) is 5.27. The first-order chi connectivity index (χ1) is 5.97. The van der Waals surface area contributed by atoms with E-state index in [-0.39, 0.29) is 5.54 Å². The fraction of sp³-hybridized carbons (Fsp3) is 0.909. The molecule has 0 bridgehead atoms. The molecule has 2 nitrogen and oxygen atoms in total. The van der Waals surface area contributed by atoms with Gasteiger partial charge >= 0.3 is 0 Å². The van der Waals surface area contributed by atoms with Crippen LogP contribution >= 0.6 is 0 Å². The summed E-state index contributed by atoms with van der Waals surface area (Å²) in [5.74, 6) is 0.833. The van der Waals surface area contributed by atoms with Crippen molar-refractivity contribution in [3.05, 3.63) is 0 Å². The first kappa shape index (κ1) is 10.6. The molecule has 0 aromatic carbocycles. The highest BCUT2D eigenvalue weighted by Gasteiger charge is 2.14. The predicted molar refractivity (Wildman–Crippen MR) is 58.2 cm³/mol. The number of aliphatic imine (C=N–C) groups is 1. The van der Waals surface area contributed by atoms with Gasteiger partial charge in [-0.2, -0.15) is 0 Å². The standard InChI is InChI=1S/C11H22N2/c1-10-6-5-7-13(8-10)9-12-11(2,3)4/h9-10H,5-8H2,1-4H3/t10-/m1/s1. The van der Waals surface area contributed by atoms with Crippen molar-refractivity contribution in [3.63, 3.8) is 0 Å². The van der Waals surface area contributed by atoms with E-state index in [0.29, 0.717) is 0 Å². The molecule has 1 fully saturated rings. The molecule has 1 aliphatic heterocycles. The Labute approximate surface area is 82.0 Å². The molecule has 1 rings (SSSR count). The second-order valence-corrected chi connectivity index (χ2v) is 5.16. The van der Waals surface area contributed by atoms with Crippen LogP contribution in [0.3, 0.4) is 0 Å². The van der Waals surface area contributed by atoms with Crippen molar-refractivity contribution in [1.82, 2.24) is 4.90 Å². The topological polar surface area (TPSA) is 15.6 Å². The molecule has 0 saturated carbocycles. The van der Waals surface area contributed by atoms with Crippen LogP contribution in [0.5, 0.6) is 0 Å². The molecule has 1 heterocycles. The summed E-state index contributed by atoms with van der Waals surface area (Å²) >= 11 is 0. The van der Waals surface area contributed by atoms with E-state index in [1.807, 2.05) is 6.34 Å². The van der Waals surface area contributed by atoms with Crippen molar-refractivity contribution in [3.8, 4) is 0 Å². The Balaban J connectivity index is 2.40. The zero-order chi connectivity index (χ0) is 9.90. The largest absolute Gasteiger partial charge is 0.363 e. The van der Waals surface area contributed by atoms with Gasteiger partial charge in [-0.05, 0) is 39.5 Å². The van der Waals surface area contributed by atoms with Crippen LogP contribution < -0.4 is 0 Å². The lowest BCUT2D eigenvalue weighted by Crippen LogP contribution is -2.34. The Bertz CT molecular complexity index is 179. The number of piperidine rings is 1. The number of likely N-dealkylation sites (tertiary alicyclic amines) is 1. The molecule has 0 amide bonds. The second-order valence-electron chi connectivity index (χ2n) is 5.16. The van der Waals surface area contributed by atoms with Gasteiger partial charge in [-0.15, -0.1) is 0 Å². The summed E-state index contributed by atoms with van der Waals surface area (Å²) in [4.78, 5) is 6.86. The zero-order valence-electron chi connectivity index (χ0n) is 9.38. The van der Waals surface area contributed by atoms with E-state index in [2.05, 4.69) is 37.6 Å². The molecule has 0 aromatic rings. The monoisotopic (exact) mass is 182 g/mol. The van der Waals surface area contributed by atoms with Gasteiger partial charge in [-0.3, -0.25) is 4.99 Å². The maximum atomic E-state index is 4.52. The summed E-state index contributed by atoms with van der Waals surface area (Å²) in [6.45, 7) is 11.1. The minimum Gasteiger partial charge on any atom is -0.363 e.